The van der Waals surface area contributed by atoms with Gasteiger partial charge in [-0.15, -0.1) is 0 Å². The van der Waals surface area contributed by atoms with E-state index in [4.69, 9.17) is 0 Å². The fourth-order valence-electron chi connectivity index (χ4n) is 4.68. The molecule has 7 heteroatoms. The van der Waals surface area contributed by atoms with Crippen molar-refractivity contribution in [2.24, 2.45) is 5.92 Å². The molecule has 2 aliphatic heterocycles. The fourth-order valence-corrected chi connectivity index (χ4v) is 4.68. The summed E-state index contributed by atoms with van der Waals surface area (Å²) in [4.78, 5) is 54.1. The van der Waals surface area contributed by atoms with Crippen LogP contribution in [0.5, 0.6) is 0 Å². The van der Waals surface area contributed by atoms with Crippen LogP contribution in [0.4, 0.5) is 4.79 Å². The molecule has 0 unspecified atom stereocenters. The lowest BCUT2D eigenvalue weighted by molar-refractivity contribution is -0.145. The Hall–Kier alpha value is -2.96. The number of nitrogens with zero attached hydrogens (tertiary/aromatic N) is 3. The van der Waals surface area contributed by atoms with Gasteiger partial charge in [0, 0.05) is 19.1 Å². The predicted molar refractivity (Wildman–Crippen MR) is 111 cm³/mol. The molecule has 2 atom stereocenters. The zero-order chi connectivity index (χ0) is 21.3. The van der Waals surface area contributed by atoms with Gasteiger partial charge in [-0.05, 0) is 36.3 Å². The fraction of sp³-hybridized carbons (Fsp3) is 0.478. The number of carbonyl (C=O) groups excluding carboxylic acids is 4. The molecule has 5 amide bonds. The second-order valence-corrected chi connectivity index (χ2v) is 8.36. The summed E-state index contributed by atoms with van der Waals surface area (Å²) in [5, 5.41) is 0. The number of rotatable bonds is 4. The highest BCUT2D eigenvalue weighted by Crippen LogP contribution is 2.31. The van der Waals surface area contributed by atoms with Crippen LogP contribution >= 0.6 is 0 Å². The van der Waals surface area contributed by atoms with E-state index in [1.54, 1.807) is 4.90 Å². The number of carbonyl (C=O) groups is 4. The largest absolute Gasteiger partial charge is 0.337 e. The average Bonchev–Trinajstić information content (AvgIpc) is 2.98. The van der Waals surface area contributed by atoms with Gasteiger partial charge in [0.25, 0.3) is 0 Å². The van der Waals surface area contributed by atoms with Crippen molar-refractivity contribution in [1.29, 1.82) is 0 Å². The lowest BCUT2D eigenvalue weighted by Crippen LogP contribution is -2.47. The Morgan fingerprint density at radius 2 is 1.77 bits per heavy atom. The molecule has 0 spiro atoms. The second kappa shape index (κ2) is 8.42. The van der Waals surface area contributed by atoms with Gasteiger partial charge < -0.3 is 4.90 Å². The van der Waals surface area contributed by atoms with Gasteiger partial charge >= 0.3 is 17.8 Å². The van der Waals surface area contributed by atoms with E-state index in [-0.39, 0.29) is 24.4 Å². The minimum atomic E-state index is -0.886. The van der Waals surface area contributed by atoms with Crippen molar-refractivity contribution < 1.29 is 19.2 Å². The third kappa shape index (κ3) is 3.76. The van der Waals surface area contributed by atoms with E-state index >= 15 is 0 Å². The number of hydrogen-bond acceptors (Lipinski definition) is 4. The number of hydrogen-bond donors (Lipinski definition) is 0. The first-order valence-corrected chi connectivity index (χ1v) is 10.7. The van der Waals surface area contributed by atoms with Crippen molar-refractivity contribution in [2.75, 3.05) is 19.6 Å². The predicted octanol–water partition coefficient (Wildman–Crippen LogP) is 2.67. The van der Waals surface area contributed by atoms with Crippen LogP contribution in [-0.4, -0.2) is 64.1 Å². The zero-order valence-corrected chi connectivity index (χ0v) is 17.3. The Morgan fingerprint density at radius 3 is 2.43 bits per heavy atom. The van der Waals surface area contributed by atoms with Crippen molar-refractivity contribution >= 4 is 29.3 Å². The van der Waals surface area contributed by atoms with Crippen LogP contribution in [0.1, 0.15) is 44.6 Å². The minimum Gasteiger partial charge on any atom is -0.337 e. The van der Waals surface area contributed by atoms with Crippen LogP contribution in [0.3, 0.4) is 0 Å². The van der Waals surface area contributed by atoms with Crippen LogP contribution in [0.25, 0.3) is 5.57 Å². The maximum atomic E-state index is 12.9. The van der Waals surface area contributed by atoms with Crippen LogP contribution in [0.2, 0.25) is 0 Å². The monoisotopic (exact) mass is 409 g/mol. The Kier molecular flexibility index (Phi) is 5.70. The number of imide groups is 2. The molecule has 1 saturated carbocycles. The van der Waals surface area contributed by atoms with E-state index in [0.717, 1.165) is 34.6 Å². The summed E-state index contributed by atoms with van der Waals surface area (Å²) in [5.74, 6) is -1.83. The molecule has 1 aliphatic carbocycles. The van der Waals surface area contributed by atoms with Gasteiger partial charge in [-0.3, -0.25) is 19.3 Å². The van der Waals surface area contributed by atoms with E-state index in [1.165, 1.54) is 5.57 Å². The van der Waals surface area contributed by atoms with Crippen molar-refractivity contribution in [3.63, 3.8) is 0 Å². The molecular formula is C23H27N3O4. The van der Waals surface area contributed by atoms with Crippen molar-refractivity contribution in [3.8, 4) is 0 Å². The number of benzene rings is 1. The first-order valence-electron chi connectivity index (χ1n) is 10.7. The summed E-state index contributed by atoms with van der Waals surface area (Å²) in [5.41, 5.74) is 2.32. The van der Waals surface area contributed by atoms with E-state index < -0.39 is 17.8 Å². The molecule has 0 bridgehead atoms. The number of amides is 5. The highest BCUT2D eigenvalue weighted by Gasteiger charge is 2.49. The van der Waals surface area contributed by atoms with E-state index in [0.29, 0.717) is 25.9 Å². The SMILES string of the molecule is C[C@H]1CCCC[C@H]1N1C(=O)C(=O)N(CC(=O)N2CC=C(c3ccccc3)CC2)C1=O. The Labute approximate surface area is 176 Å². The lowest BCUT2D eigenvalue weighted by atomic mass is 9.85. The summed E-state index contributed by atoms with van der Waals surface area (Å²) >= 11 is 0. The summed E-state index contributed by atoms with van der Waals surface area (Å²) in [6, 6.07) is 9.10. The molecule has 0 N–H and O–H groups in total. The molecule has 1 saturated heterocycles. The highest BCUT2D eigenvalue weighted by molar-refractivity contribution is 6.45. The Bertz CT molecular complexity index is 895. The lowest BCUT2D eigenvalue weighted by Gasteiger charge is -2.34. The summed E-state index contributed by atoms with van der Waals surface area (Å²) < 4.78 is 0. The first kappa shape index (κ1) is 20.3. The summed E-state index contributed by atoms with van der Waals surface area (Å²) in [7, 11) is 0. The van der Waals surface area contributed by atoms with Gasteiger partial charge in [-0.2, -0.15) is 0 Å². The van der Waals surface area contributed by atoms with Crippen LogP contribution in [0, 0.1) is 5.92 Å². The van der Waals surface area contributed by atoms with Gasteiger partial charge in [-0.25, -0.2) is 9.69 Å². The Morgan fingerprint density at radius 1 is 1.03 bits per heavy atom. The summed E-state index contributed by atoms with van der Waals surface area (Å²) in [6.45, 7) is 2.58. The molecule has 3 aliphatic rings. The smallest absolute Gasteiger partial charge is 0.334 e. The molecule has 30 heavy (non-hydrogen) atoms. The number of urea groups is 1. The van der Waals surface area contributed by atoms with Crippen LogP contribution in [-0.2, 0) is 14.4 Å². The van der Waals surface area contributed by atoms with Gasteiger partial charge in [0.1, 0.15) is 6.54 Å². The first-order chi connectivity index (χ1) is 14.5. The topological polar surface area (TPSA) is 78.0 Å². The molecule has 2 fully saturated rings. The Balaban J connectivity index is 1.41. The third-order valence-corrected chi connectivity index (χ3v) is 6.48. The van der Waals surface area contributed by atoms with Crippen LogP contribution < -0.4 is 0 Å². The van der Waals surface area contributed by atoms with Gasteiger partial charge in [0.2, 0.25) is 5.91 Å². The average molecular weight is 409 g/mol. The van der Waals surface area contributed by atoms with Crippen molar-refractivity contribution in [3.05, 3.63) is 42.0 Å². The maximum absolute atomic E-state index is 12.9. The maximum Gasteiger partial charge on any atom is 0.334 e. The molecule has 2 heterocycles. The highest BCUT2D eigenvalue weighted by atomic mass is 16.2. The summed E-state index contributed by atoms with van der Waals surface area (Å²) in [6.07, 6.45) is 6.36. The molecule has 4 rings (SSSR count). The zero-order valence-electron chi connectivity index (χ0n) is 17.3. The van der Waals surface area contributed by atoms with Gasteiger partial charge in [0.05, 0.1) is 0 Å². The standard InChI is InChI=1S/C23H27N3O4/c1-16-7-5-6-10-19(16)26-22(29)21(28)25(23(26)30)15-20(27)24-13-11-18(12-14-24)17-8-3-2-4-9-17/h2-4,8-9,11,16,19H,5-7,10,12-15H2,1H3/t16-,19+/m0/s1. The van der Waals surface area contributed by atoms with Crippen molar-refractivity contribution in [1.82, 2.24) is 14.7 Å². The van der Waals surface area contributed by atoms with E-state index in [2.05, 4.69) is 0 Å². The molecule has 158 valence electrons. The molecule has 0 radical (unpaired) electrons. The molecular weight excluding hydrogens is 382 g/mol. The molecule has 7 nitrogen and oxygen atoms in total. The molecule has 0 aromatic heterocycles. The van der Waals surface area contributed by atoms with Crippen molar-refractivity contribution in [2.45, 2.75) is 45.1 Å². The molecule has 1 aromatic carbocycles. The quantitative estimate of drug-likeness (QED) is 0.566. The van der Waals surface area contributed by atoms with E-state index in [9.17, 15) is 19.2 Å². The van der Waals surface area contributed by atoms with Gasteiger partial charge in [0.15, 0.2) is 0 Å². The van der Waals surface area contributed by atoms with Crippen LogP contribution in [0.15, 0.2) is 36.4 Å². The minimum absolute atomic E-state index is 0.166. The second-order valence-electron chi connectivity index (χ2n) is 8.36. The normalized spacial score (nSPS) is 25.0. The third-order valence-electron chi connectivity index (χ3n) is 6.48. The molecule has 1 aromatic rings. The van der Waals surface area contributed by atoms with Gasteiger partial charge in [-0.1, -0.05) is 56.2 Å². The van der Waals surface area contributed by atoms with E-state index in [1.807, 2.05) is 43.3 Å².